The van der Waals surface area contributed by atoms with Crippen molar-refractivity contribution in [1.29, 1.82) is 0 Å². The van der Waals surface area contributed by atoms with Gasteiger partial charge in [-0.05, 0) is 17.2 Å². The van der Waals surface area contributed by atoms with Crippen LogP contribution >= 0.6 is 0 Å². The number of carbonyl (C=O) groups is 1. The van der Waals surface area contributed by atoms with E-state index in [1.807, 2.05) is 73.8 Å². The minimum absolute atomic E-state index is 0.159. The largest absolute Gasteiger partial charge is 0.369 e. The number of aromatic nitrogens is 2. The highest BCUT2D eigenvalue weighted by molar-refractivity contribution is 6.09. The van der Waals surface area contributed by atoms with Crippen LogP contribution in [0.3, 0.4) is 0 Å². The Kier molecular flexibility index (Phi) is 3.80. The van der Waals surface area contributed by atoms with E-state index in [-0.39, 0.29) is 11.9 Å². The van der Waals surface area contributed by atoms with Crippen molar-refractivity contribution in [2.75, 3.05) is 0 Å². The molecule has 1 aliphatic heterocycles. The zero-order valence-corrected chi connectivity index (χ0v) is 14.4. The summed E-state index contributed by atoms with van der Waals surface area (Å²) in [5.74, 6) is 0.0532. The molecule has 0 bridgehead atoms. The molecule has 0 fully saturated rings. The summed E-state index contributed by atoms with van der Waals surface area (Å²) in [6, 6.07) is 21.0. The standard InChI is InChI=1S/C20H19N5O/c1-24-17(12-13-22-24)14-25-18(26)20(23-19(25)21,15-8-4-2-5-9-15)16-10-6-3-7-11-16/h2-13H,14H2,1H3,(H2,21,23). The van der Waals surface area contributed by atoms with Gasteiger partial charge in [-0.25, -0.2) is 4.99 Å². The first-order chi connectivity index (χ1) is 12.6. The molecule has 0 saturated heterocycles. The molecule has 6 heteroatoms. The van der Waals surface area contributed by atoms with Gasteiger partial charge in [0, 0.05) is 13.2 Å². The van der Waals surface area contributed by atoms with Crippen molar-refractivity contribution in [1.82, 2.24) is 14.7 Å². The molecule has 2 N–H and O–H groups in total. The fourth-order valence-corrected chi connectivity index (χ4v) is 3.35. The van der Waals surface area contributed by atoms with Gasteiger partial charge in [0.1, 0.15) is 0 Å². The van der Waals surface area contributed by atoms with Crippen molar-refractivity contribution >= 4 is 11.9 Å². The molecule has 4 rings (SSSR count). The van der Waals surface area contributed by atoms with Crippen molar-refractivity contribution in [3.05, 3.63) is 89.7 Å². The Labute approximate surface area is 151 Å². The van der Waals surface area contributed by atoms with Gasteiger partial charge in [-0.1, -0.05) is 60.7 Å². The van der Waals surface area contributed by atoms with Crippen LogP contribution in [0, 0.1) is 0 Å². The van der Waals surface area contributed by atoms with Crippen LogP contribution in [0.4, 0.5) is 0 Å². The second-order valence-electron chi connectivity index (χ2n) is 6.25. The van der Waals surface area contributed by atoms with Crippen LogP contribution in [0.25, 0.3) is 0 Å². The maximum Gasteiger partial charge on any atom is 0.266 e. The Morgan fingerprint density at radius 1 is 0.962 bits per heavy atom. The monoisotopic (exact) mass is 345 g/mol. The molecule has 2 aromatic carbocycles. The van der Waals surface area contributed by atoms with E-state index in [4.69, 9.17) is 5.73 Å². The molecule has 1 aliphatic rings. The Morgan fingerprint density at radius 2 is 1.54 bits per heavy atom. The van der Waals surface area contributed by atoms with Crippen LogP contribution in [0.5, 0.6) is 0 Å². The number of nitrogens with two attached hydrogens (primary N) is 1. The molecular weight excluding hydrogens is 326 g/mol. The Bertz CT molecular complexity index is 923. The highest BCUT2D eigenvalue weighted by Gasteiger charge is 2.50. The average molecular weight is 345 g/mol. The van der Waals surface area contributed by atoms with Gasteiger partial charge in [0.15, 0.2) is 11.5 Å². The fourth-order valence-electron chi connectivity index (χ4n) is 3.35. The number of carbonyl (C=O) groups excluding carboxylic acids is 1. The summed E-state index contributed by atoms with van der Waals surface area (Å²) >= 11 is 0. The van der Waals surface area contributed by atoms with E-state index in [0.29, 0.717) is 6.54 Å². The van der Waals surface area contributed by atoms with Gasteiger partial charge in [-0.2, -0.15) is 5.10 Å². The normalized spacial score (nSPS) is 16.0. The summed E-state index contributed by atoms with van der Waals surface area (Å²) in [4.78, 5) is 19.8. The molecule has 130 valence electrons. The first-order valence-electron chi connectivity index (χ1n) is 8.38. The summed E-state index contributed by atoms with van der Waals surface area (Å²) in [6.45, 7) is 0.325. The van der Waals surface area contributed by atoms with Gasteiger partial charge in [0.25, 0.3) is 5.91 Å². The lowest BCUT2D eigenvalue weighted by Crippen LogP contribution is -2.43. The first kappa shape index (κ1) is 16.1. The SMILES string of the molecule is Cn1nccc1CN1C(=O)C(c2ccccc2)(c2ccccc2)N=C1N. The number of hydrogen-bond acceptors (Lipinski definition) is 4. The van der Waals surface area contributed by atoms with E-state index in [2.05, 4.69) is 10.1 Å². The van der Waals surface area contributed by atoms with Crippen LogP contribution in [-0.2, 0) is 23.9 Å². The van der Waals surface area contributed by atoms with Gasteiger partial charge >= 0.3 is 0 Å². The molecule has 0 radical (unpaired) electrons. The van der Waals surface area contributed by atoms with E-state index in [1.165, 1.54) is 4.90 Å². The van der Waals surface area contributed by atoms with Crippen molar-refractivity contribution in [3.63, 3.8) is 0 Å². The Morgan fingerprint density at radius 3 is 2.04 bits per heavy atom. The number of aryl methyl sites for hydroxylation is 1. The van der Waals surface area contributed by atoms with Gasteiger partial charge in [0.2, 0.25) is 0 Å². The zero-order valence-electron chi connectivity index (χ0n) is 14.4. The summed E-state index contributed by atoms with van der Waals surface area (Å²) in [6.07, 6.45) is 1.70. The lowest BCUT2D eigenvalue weighted by atomic mass is 9.83. The summed E-state index contributed by atoms with van der Waals surface area (Å²) in [5, 5.41) is 4.16. The molecule has 0 saturated carbocycles. The number of nitrogens with zero attached hydrogens (tertiary/aromatic N) is 4. The van der Waals surface area contributed by atoms with Gasteiger partial charge < -0.3 is 5.73 Å². The van der Waals surface area contributed by atoms with Gasteiger partial charge in [-0.3, -0.25) is 14.4 Å². The van der Waals surface area contributed by atoms with E-state index >= 15 is 0 Å². The number of amides is 1. The van der Waals surface area contributed by atoms with Crippen molar-refractivity contribution in [3.8, 4) is 0 Å². The van der Waals surface area contributed by atoms with Crippen LogP contribution in [0.1, 0.15) is 16.8 Å². The Balaban J connectivity index is 1.83. The molecule has 1 aromatic heterocycles. The quantitative estimate of drug-likeness (QED) is 0.786. The van der Waals surface area contributed by atoms with Crippen LogP contribution < -0.4 is 5.73 Å². The van der Waals surface area contributed by atoms with Crippen LogP contribution in [0.2, 0.25) is 0 Å². The molecule has 2 heterocycles. The Hall–Kier alpha value is -3.41. The second-order valence-corrected chi connectivity index (χ2v) is 6.25. The van der Waals surface area contributed by atoms with E-state index < -0.39 is 5.54 Å². The average Bonchev–Trinajstić information content (AvgIpc) is 3.20. The molecule has 0 unspecified atom stereocenters. The molecule has 0 spiro atoms. The third kappa shape index (κ3) is 2.38. The summed E-state index contributed by atoms with van der Waals surface area (Å²) < 4.78 is 1.73. The van der Waals surface area contributed by atoms with Gasteiger partial charge in [0.05, 0.1) is 12.2 Å². The van der Waals surface area contributed by atoms with E-state index in [1.54, 1.807) is 10.9 Å². The van der Waals surface area contributed by atoms with E-state index in [9.17, 15) is 4.79 Å². The molecule has 3 aromatic rings. The van der Waals surface area contributed by atoms with E-state index in [0.717, 1.165) is 16.8 Å². The van der Waals surface area contributed by atoms with Crippen molar-refractivity contribution in [2.45, 2.75) is 12.1 Å². The lowest BCUT2D eigenvalue weighted by Gasteiger charge is -2.27. The molecule has 1 amide bonds. The molecular formula is C20H19N5O. The first-order valence-corrected chi connectivity index (χ1v) is 8.38. The minimum atomic E-state index is -1.16. The topological polar surface area (TPSA) is 76.5 Å². The fraction of sp³-hybridized carbons (Fsp3) is 0.150. The molecule has 0 aliphatic carbocycles. The number of rotatable bonds is 4. The summed E-state index contributed by atoms with van der Waals surface area (Å²) in [5.41, 5.74) is 7.53. The predicted molar refractivity (Wildman–Crippen MR) is 99.0 cm³/mol. The number of guanidine groups is 1. The van der Waals surface area contributed by atoms with Gasteiger partial charge in [-0.15, -0.1) is 0 Å². The highest BCUT2D eigenvalue weighted by Crippen LogP contribution is 2.39. The van der Waals surface area contributed by atoms with Crippen molar-refractivity contribution in [2.24, 2.45) is 17.8 Å². The third-order valence-corrected chi connectivity index (χ3v) is 4.74. The minimum Gasteiger partial charge on any atom is -0.369 e. The zero-order chi connectivity index (χ0) is 18.1. The number of aliphatic imine (C=N–C) groups is 1. The molecule has 26 heavy (non-hydrogen) atoms. The number of benzene rings is 2. The lowest BCUT2D eigenvalue weighted by molar-refractivity contribution is -0.130. The van der Waals surface area contributed by atoms with Crippen molar-refractivity contribution < 1.29 is 4.79 Å². The maximum atomic E-state index is 13.6. The maximum absolute atomic E-state index is 13.6. The third-order valence-electron chi connectivity index (χ3n) is 4.74. The van der Waals surface area contributed by atoms with Crippen LogP contribution in [-0.4, -0.2) is 26.5 Å². The molecule has 6 nitrogen and oxygen atoms in total. The smallest absolute Gasteiger partial charge is 0.266 e. The second kappa shape index (κ2) is 6.15. The van der Waals surface area contributed by atoms with Crippen LogP contribution in [0.15, 0.2) is 77.9 Å². The predicted octanol–water partition coefficient (Wildman–Crippen LogP) is 2.02. The highest BCUT2D eigenvalue weighted by atomic mass is 16.2. The molecule has 0 atom stereocenters. The summed E-state index contributed by atoms with van der Waals surface area (Å²) in [7, 11) is 1.84. The number of hydrogen-bond donors (Lipinski definition) is 1.